The van der Waals surface area contributed by atoms with Crippen molar-refractivity contribution in [3.8, 4) is 0 Å². The van der Waals surface area contributed by atoms with E-state index in [0.717, 1.165) is 17.8 Å². The van der Waals surface area contributed by atoms with E-state index in [0.29, 0.717) is 12.2 Å². The van der Waals surface area contributed by atoms with Gasteiger partial charge in [0, 0.05) is 17.8 Å². The maximum atomic E-state index is 6.85. The van der Waals surface area contributed by atoms with Crippen LogP contribution in [-0.2, 0) is 9.47 Å². The summed E-state index contributed by atoms with van der Waals surface area (Å²) < 4.78 is 13.7. The first kappa shape index (κ1) is 26.3. The molecule has 2 heterocycles. The first-order valence-electron chi connectivity index (χ1n) is 17.6. The first-order valence-corrected chi connectivity index (χ1v) is 17.6. The van der Waals surface area contributed by atoms with Gasteiger partial charge in [0.05, 0.1) is 23.4 Å². The molecule has 0 aromatic carbocycles. The predicted molar refractivity (Wildman–Crippen MR) is 156 cm³/mol. The van der Waals surface area contributed by atoms with Gasteiger partial charge in [0.2, 0.25) is 0 Å². The molecule has 8 aliphatic rings. The Morgan fingerprint density at radius 2 is 1.16 bits per heavy atom. The molecular formula is C36H56O2. The van der Waals surface area contributed by atoms with E-state index < -0.39 is 0 Å². The fourth-order valence-electron chi connectivity index (χ4n) is 10.9. The summed E-state index contributed by atoms with van der Waals surface area (Å²) in [7, 11) is 0. The van der Waals surface area contributed by atoms with Gasteiger partial charge in [-0.15, -0.1) is 0 Å². The fraction of sp³-hybridized carbons (Fsp3) is 0.889. The Hall–Kier alpha value is -0.600. The minimum absolute atomic E-state index is 0.267. The molecule has 2 spiro atoms. The number of ether oxygens (including phenoxy) is 2. The van der Waals surface area contributed by atoms with Crippen molar-refractivity contribution in [2.45, 2.75) is 184 Å². The normalized spacial score (nSPS) is 39.6. The molecule has 1 saturated heterocycles. The summed E-state index contributed by atoms with van der Waals surface area (Å²) in [4.78, 5) is 0. The van der Waals surface area contributed by atoms with Gasteiger partial charge in [-0.25, -0.2) is 0 Å². The van der Waals surface area contributed by atoms with Gasteiger partial charge in [-0.3, -0.25) is 0 Å². The van der Waals surface area contributed by atoms with Crippen LogP contribution in [0.1, 0.15) is 161 Å². The van der Waals surface area contributed by atoms with Crippen LogP contribution in [0, 0.1) is 17.8 Å². The highest BCUT2D eigenvalue weighted by Gasteiger charge is 2.52. The topological polar surface area (TPSA) is 18.5 Å². The van der Waals surface area contributed by atoms with Gasteiger partial charge >= 0.3 is 0 Å². The summed E-state index contributed by atoms with van der Waals surface area (Å²) >= 11 is 0. The van der Waals surface area contributed by atoms with Crippen molar-refractivity contribution in [3.05, 3.63) is 22.8 Å². The van der Waals surface area contributed by atoms with Gasteiger partial charge in [-0.2, -0.15) is 0 Å². The summed E-state index contributed by atoms with van der Waals surface area (Å²) in [5.41, 5.74) is 6.06. The lowest BCUT2D eigenvalue weighted by Crippen LogP contribution is -2.54. The zero-order valence-electron chi connectivity index (χ0n) is 24.5. The highest BCUT2D eigenvalue weighted by atomic mass is 16.5. The third kappa shape index (κ3) is 4.80. The molecule has 38 heavy (non-hydrogen) atoms. The van der Waals surface area contributed by atoms with Gasteiger partial charge in [0.1, 0.15) is 0 Å². The third-order valence-corrected chi connectivity index (χ3v) is 12.6. The van der Waals surface area contributed by atoms with Crippen molar-refractivity contribution < 1.29 is 9.47 Å². The van der Waals surface area contributed by atoms with Crippen LogP contribution in [0.25, 0.3) is 0 Å². The fourth-order valence-corrected chi connectivity index (χ4v) is 10.9. The Labute approximate surface area is 233 Å². The molecule has 8 rings (SSSR count). The first-order chi connectivity index (χ1) is 18.8. The number of rotatable bonds is 0. The molecule has 0 N–H and O–H groups in total. The van der Waals surface area contributed by atoms with Crippen molar-refractivity contribution in [2.75, 3.05) is 0 Å². The SMILES string of the molecule is C1=C2C3CCCCC3OC3(CCCCC3)C2CCC1.C1CCC2(CC1)OC1CCCCC1=C1CCCCC12. The summed E-state index contributed by atoms with van der Waals surface area (Å²) in [6.45, 7) is 0. The van der Waals surface area contributed by atoms with Crippen molar-refractivity contribution in [3.63, 3.8) is 0 Å². The molecule has 2 nitrogen and oxygen atoms in total. The summed E-state index contributed by atoms with van der Waals surface area (Å²) in [6.07, 6.45) is 38.5. The van der Waals surface area contributed by atoms with E-state index >= 15 is 0 Å². The van der Waals surface area contributed by atoms with Crippen LogP contribution in [0.15, 0.2) is 22.8 Å². The number of allylic oxidation sites excluding steroid dienone is 1. The Bertz CT molecular complexity index is 885. The van der Waals surface area contributed by atoms with Gasteiger partial charge in [0.15, 0.2) is 0 Å². The Balaban J connectivity index is 0.000000127. The largest absolute Gasteiger partial charge is 0.371 e. The molecular weight excluding hydrogens is 464 g/mol. The van der Waals surface area contributed by atoms with E-state index in [-0.39, 0.29) is 11.2 Å². The minimum atomic E-state index is 0.267. The van der Waals surface area contributed by atoms with E-state index in [4.69, 9.17) is 9.47 Å². The smallest absolute Gasteiger partial charge is 0.0795 e. The molecule has 6 fully saturated rings. The van der Waals surface area contributed by atoms with Gasteiger partial charge < -0.3 is 9.47 Å². The van der Waals surface area contributed by atoms with Gasteiger partial charge in [-0.05, 0) is 102 Å². The summed E-state index contributed by atoms with van der Waals surface area (Å²) in [5, 5.41) is 0. The molecule has 0 bridgehead atoms. The molecule has 6 aliphatic carbocycles. The van der Waals surface area contributed by atoms with Crippen molar-refractivity contribution in [1.29, 1.82) is 0 Å². The lowest BCUT2D eigenvalue weighted by molar-refractivity contribution is -0.188. The van der Waals surface area contributed by atoms with E-state index in [9.17, 15) is 0 Å². The average Bonchev–Trinajstić information content (AvgIpc) is 2.99. The lowest BCUT2D eigenvalue weighted by atomic mass is 9.61. The van der Waals surface area contributed by atoms with Gasteiger partial charge in [-0.1, -0.05) is 81.4 Å². The second kappa shape index (κ2) is 11.3. The average molecular weight is 521 g/mol. The summed E-state index contributed by atoms with van der Waals surface area (Å²) in [5.74, 6) is 2.40. The minimum Gasteiger partial charge on any atom is -0.371 e. The van der Waals surface area contributed by atoms with Crippen molar-refractivity contribution in [2.24, 2.45) is 17.8 Å². The highest BCUT2D eigenvalue weighted by molar-refractivity contribution is 5.30. The zero-order chi connectivity index (χ0) is 25.4. The molecule has 5 atom stereocenters. The monoisotopic (exact) mass is 520 g/mol. The Kier molecular flexibility index (Phi) is 7.86. The predicted octanol–water partition coefficient (Wildman–Crippen LogP) is 10.2. The molecule has 2 heteroatoms. The van der Waals surface area contributed by atoms with E-state index in [1.807, 2.05) is 11.1 Å². The Morgan fingerprint density at radius 3 is 1.95 bits per heavy atom. The van der Waals surface area contributed by atoms with E-state index in [1.165, 1.54) is 161 Å². The maximum Gasteiger partial charge on any atom is 0.0795 e. The van der Waals surface area contributed by atoms with Crippen LogP contribution < -0.4 is 0 Å². The molecule has 0 aromatic heterocycles. The standard InChI is InChI=1S/2C18H28O/c2*1-6-12-18(13-7-1)16-10-4-2-8-14(16)15-9-3-5-11-17(15)19-18/h16-17H,1-13H2;8,15-17H,1-7,9-13H2. The highest BCUT2D eigenvalue weighted by Crippen LogP contribution is 2.55. The molecule has 212 valence electrons. The maximum absolute atomic E-state index is 6.85. The molecule has 5 saturated carbocycles. The van der Waals surface area contributed by atoms with Crippen molar-refractivity contribution in [1.82, 2.24) is 0 Å². The van der Waals surface area contributed by atoms with E-state index in [2.05, 4.69) is 6.08 Å². The van der Waals surface area contributed by atoms with Crippen LogP contribution in [0.2, 0.25) is 0 Å². The Morgan fingerprint density at radius 1 is 0.526 bits per heavy atom. The number of hydrogen-bond acceptors (Lipinski definition) is 2. The number of hydrogen-bond donors (Lipinski definition) is 0. The quantitative estimate of drug-likeness (QED) is 0.296. The molecule has 0 aromatic rings. The molecule has 2 aliphatic heterocycles. The van der Waals surface area contributed by atoms with Crippen molar-refractivity contribution >= 4 is 0 Å². The van der Waals surface area contributed by atoms with Crippen LogP contribution in [0.3, 0.4) is 0 Å². The lowest BCUT2D eigenvalue weighted by Gasteiger charge is -2.55. The zero-order valence-corrected chi connectivity index (χ0v) is 24.5. The number of fused-ring (bicyclic) bond motifs is 7. The second-order valence-electron chi connectivity index (χ2n) is 14.7. The molecule has 0 amide bonds. The van der Waals surface area contributed by atoms with E-state index in [1.54, 1.807) is 5.57 Å². The third-order valence-electron chi connectivity index (χ3n) is 12.6. The summed E-state index contributed by atoms with van der Waals surface area (Å²) in [6, 6.07) is 0. The van der Waals surface area contributed by atoms with Crippen LogP contribution >= 0.6 is 0 Å². The van der Waals surface area contributed by atoms with Crippen LogP contribution in [0.4, 0.5) is 0 Å². The molecule has 0 radical (unpaired) electrons. The second-order valence-corrected chi connectivity index (χ2v) is 14.7. The van der Waals surface area contributed by atoms with Crippen LogP contribution in [-0.4, -0.2) is 23.4 Å². The molecule has 5 unspecified atom stereocenters. The van der Waals surface area contributed by atoms with Crippen LogP contribution in [0.5, 0.6) is 0 Å². The van der Waals surface area contributed by atoms with Gasteiger partial charge in [0.25, 0.3) is 0 Å².